The molecule has 1 saturated carbocycles. The first kappa shape index (κ1) is 15.3. The summed E-state index contributed by atoms with van der Waals surface area (Å²) >= 11 is 0. The molecule has 0 aromatic carbocycles. The van der Waals surface area contributed by atoms with Gasteiger partial charge in [0.05, 0.1) is 0 Å². The van der Waals surface area contributed by atoms with Crippen LogP contribution in [0.15, 0.2) is 0 Å². The van der Waals surface area contributed by atoms with Crippen molar-refractivity contribution in [3.05, 3.63) is 0 Å². The van der Waals surface area contributed by atoms with E-state index >= 15 is 0 Å². The van der Waals surface area contributed by atoms with Gasteiger partial charge in [0.2, 0.25) is 0 Å². The normalized spacial score (nSPS) is 28.4. The molecule has 4 nitrogen and oxygen atoms in total. The largest absolute Gasteiger partial charge is 0.444 e. The van der Waals surface area contributed by atoms with E-state index < -0.39 is 5.60 Å². The Bertz CT molecular complexity index is 372. The number of ketones is 1. The Balaban J connectivity index is 2.08. The first-order chi connectivity index (χ1) is 9.38. The van der Waals surface area contributed by atoms with Gasteiger partial charge in [-0.2, -0.15) is 0 Å². The molecule has 2 rings (SSSR count). The summed E-state index contributed by atoms with van der Waals surface area (Å²) in [6.07, 6.45) is 6.54. The SMILES string of the molecule is CC(C)(C)OC(=O)N1CCCCC1C1CCCCC1=O. The van der Waals surface area contributed by atoms with Gasteiger partial charge in [-0.15, -0.1) is 0 Å². The fourth-order valence-corrected chi connectivity index (χ4v) is 3.34. The summed E-state index contributed by atoms with van der Waals surface area (Å²) in [5.41, 5.74) is -0.477. The summed E-state index contributed by atoms with van der Waals surface area (Å²) in [5, 5.41) is 0. The monoisotopic (exact) mass is 281 g/mol. The number of amides is 1. The number of carbonyl (C=O) groups excluding carboxylic acids is 2. The molecular formula is C16H27NO3. The maximum Gasteiger partial charge on any atom is 0.410 e. The third-order valence-electron chi connectivity index (χ3n) is 4.24. The molecule has 0 N–H and O–H groups in total. The summed E-state index contributed by atoms with van der Waals surface area (Å²) in [6, 6.07) is 0.0615. The zero-order valence-electron chi connectivity index (χ0n) is 13.0. The molecule has 1 saturated heterocycles. The van der Waals surface area contributed by atoms with Crippen LogP contribution in [0.5, 0.6) is 0 Å². The molecule has 114 valence electrons. The number of piperidine rings is 1. The first-order valence-electron chi connectivity index (χ1n) is 7.91. The van der Waals surface area contributed by atoms with Crippen molar-refractivity contribution in [2.75, 3.05) is 6.54 Å². The van der Waals surface area contributed by atoms with Gasteiger partial charge in [0.1, 0.15) is 11.4 Å². The van der Waals surface area contributed by atoms with Crippen LogP contribution >= 0.6 is 0 Å². The third kappa shape index (κ3) is 3.74. The van der Waals surface area contributed by atoms with E-state index in [4.69, 9.17) is 4.74 Å². The number of hydrogen-bond donors (Lipinski definition) is 0. The summed E-state index contributed by atoms with van der Waals surface area (Å²) in [5.74, 6) is 0.383. The Morgan fingerprint density at radius 1 is 1.15 bits per heavy atom. The van der Waals surface area contributed by atoms with Crippen molar-refractivity contribution in [3.63, 3.8) is 0 Å². The molecule has 1 aliphatic heterocycles. The summed E-state index contributed by atoms with van der Waals surface area (Å²) in [4.78, 5) is 26.4. The number of rotatable bonds is 1. The van der Waals surface area contributed by atoms with Crippen molar-refractivity contribution in [1.82, 2.24) is 4.90 Å². The van der Waals surface area contributed by atoms with Crippen LogP contribution in [0.3, 0.4) is 0 Å². The highest BCUT2D eigenvalue weighted by Crippen LogP contribution is 2.32. The second-order valence-corrected chi connectivity index (χ2v) is 7.06. The molecule has 20 heavy (non-hydrogen) atoms. The lowest BCUT2D eigenvalue weighted by Crippen LogP contribution is -2.51. The molecule has 4 heteroatoms. The number of likely N-dealkylation sites (tertiary alicyclic amines) is 1. The molecule has 2 unspecified atom stereocenters. The van der Waals surface area contributed by atoms with Crippen LogP contribution in [-0.2, 0) is 9.53 Å². The molecule has 0 radical (unpaired) electrons. The van der Waals surface area contributed by atoms with Gasteiger partial charge in [-0.3, -0.25) is 4.79 Å². The zero-order chi connectivity index (χ0) is 14.8. The Kier molecular flexibility index (Phi) is 4.71. The third-order valence-corrected chi connectivity index (χ3v) is 4.24. The number of ether oxygens (including phenoxy) is 1. The Morgan fingerprint density at radius 3 is 2.50 bits per heavy atom. The predicted molar refractivity (Wildman–Crippen MR) is 77.5 cm³/mol. The van der Waals surface area contributed by atoms with Gasteiger partial charge >= 0.3 is 6.09 Å². The van der Waals surface area contributed by atoms with E-state index in [9.17, 15) is 9.59 Å². The maximum absolute atomic E-state index is 12.4. The fourth-order valence-electron chi connectivity index (χ4n) is 3.34. The molecule has 0 aromatic heterocycles. The standard InChI is InChI=1S/C16H27NO3/c1-16(2,3)20-15(19)17-11-7-6-9-13(17)12-8-4-5-10-14(12)18/h12-13H,4-11H2,1-3H3. The number of nitrogens with zero attached hydrogens (tertiary/aromatic N) is 1. The van der Waals surface area contributed by atoms with Crippen molar-refractivity contribution in [2.24, 2.45) is 5.92 Å². The van der Waals surface area contributed by atoms with Crippen LogP contribution in [0, 0.1) is 5.92 Å². The molecule has 1 heterocycles. The first-order valence-corrected chi connectivity index (χ1v) is 7.91. The van der Waals surface area contributed by atoms with Crippen molar-refractivity contribution < 1.29 is 14.3 Å². The van der Waals surface area contributed by atoms with Crippen LogP contribution in [-0.4, -0.2) is 35.0 Å². The molecule has 0 spiro atoms. The van der Waals surface area contributed by atoms with Crippen molar-refractivity contribution in [1.29, 1.82) is 0 Å². The lowest BCUT2D eigenvalue weighted by Gasteiger charge is -2.41. The highest BCUT2D eigenvalue weighted by Gasteiger charge is 2.38. The van der Waals surface area contributed by atoms with Gasteiger partial charge in [-0.25, -0.2) is 4.79 Å². The van der Waals surface area contributed by atoms with Crippen LogP contribution in [0.2, 0.25) is 0 Å². The molecule has 2 atom stereocenters. The zero-order valence-corrected chi connectivity index (χ0v) is 13.0. The minimum atomic E-state index is -0.477. The predicted octanol–water partition coefficient (Wildman–Crippen LogP) is 3.54. The van der Waals surface area contributed by atoms with Crippen molar-refractivity contribution in [2.45, 2.75) is 77.4 Å². The summed E-state index contributed by atoms with van der Waals surface area (Å²) in [6.45, 7) is 6.38. The van der Waals surface area contributed by atoms with Crippen molar-refractivity contribution in [3.8, 4) is 0 Å². The fraction of sp³-hybridized carbons (Fsp3) is 0.875. The summed E-state index contributed by atoms with van der Waals surface area (Å²) < 4.78 is 5.51. The topological polar surface area (TPSA) is 46.6 Å². The molecule has 0 aromatic rings. The lowest BCUT2D eigenvalue weighted by molar-refractivity contribution is -0.127. The molecule has 1 amide bonds. The smallest absolute Gasteiger partial charge is 0.410 e. The molecule has 1 aliphatic carbocycles. The quantitative estimate of drug-likeness (QED) is 0.738. The highest BCUT2D eigenvalue weighted by atomic mass is 16.6. The molecule has 0 bridgehead atoms. The van der Waals surface area contributed by atoms with Crippen LogP contribution < -0.4 is 0 Å². The highest BCUT2D eigenvalue weighted by molar-refractivity contribution is 5.83. The van der Waals surface area contributed by atoms with Gasteiger partial charge < -0.3 is 9.64 Å². The van der Waals surface area contributed by atoms with Crippen molar-refractivity contribution >= 4 is 11.9 Å². The van der Waals surface area contributed by atoms with E-state index in [0.29, 0.717) is 12.2 Å². The van der Waals surface area contributed by atoms with Gasteiger partial charge in [-0.1, -0.05) is 6.42 Å². The maximum atomic E-state index is 12.4. The Hall–Kier alpha value is -1.06. The van der Waals surface area contributed by atoms with Gasteiger partial charge in [-0.05, 0) is 52.9 Å². The molecular weight excluding hydrogens is 254 g/mol. The average molecular weight is 281 g/mol. The second-order valence-electron chi connectivity index (χ2n) is 7.06. The van der Waals surface area contributed by atoms with E-state index in [2.05, 4.69) is 0 Å². The molecule has 2 aliphatic rings. The molecule has 2 fully saturated rings. The van der Waals surface area contributed by atoms with Gasteiger partial charge in [0, 0.05) is 24.9 Å². The van der Waals surface area contributed by atoms with Gasteiger partial charge in [0.15, 0.2) is 0 Å². The van der Waals surface area contributed by atoms with E-state index in [1.165, 1.54) is 0 Å². The van der Waals surface area contributed by atoms with E-state index in [0.717, 1.165) is 45.1 Å². The van der Waals surface area contributed by atoms with Gasteiger partial charge in [0.25, 0.3) is 0 Å². The van der Waals surface area contributed by atoms with E-state index in [1.54, 1.807) is 0 Å². The van der Waals surface area contributed by atoms with Crippen LogP contribution in [0.4, 0.5) is 4.79 Å². The minimum absolute atomic E-state index is 0.0385. The second kappa shape index (κ2) is 6.15. The number of hydrogen-bond acceptors (Lipinski definition) is 3. The van der Waals surface area contributed by atoms with E-state index in [1.807, 2.05) is 25.7 Å². The van der Waals surface area contributed by atoms with Crippen LogP contribution in [0.1, 0.15) is 65.7 Å². The van der Waals surface area contributed by atoms with E-state index in [-0.39, 0.29) is 18.1 Å². The Morgan fingerprint density at radius 2 is 1.85 bits per heavy atom. The number of Topliss-reactive ketones (excluding diaryl/α,β-unsaturated/α-hetero) is 1. The average Bonchev–Trinajstić information content (AvgIpc) is 2.37. The van der Waals surface area contributed by atoms with Crippen LogP contribution in [0.25, 0.3) is 0 Å². The summed E-state index contributed by atoms with van der Waals surface area (Å²) in [7, 11) is 0. The number of carbonyl (C=O) groups is 2. The lowest BCUT2D eigenvalue weighted by atomic mass is 9.79. The minimum Gasteiger partial charge on any atom is -0.444 e. The Labute approximate surface area is 121 Å².